The lowest BCUT2D eigenvalue weighted by molar-refractivity contribution is -0.118. The monoisotopic (exact) mass is 309 g/mol. The van der Waals surface area contributed by atoms with Gasteiger partial charge < -0.3 is 5.32 Å². The standard InChI is InChI=1S/C18H19N3O2/c1-12-4-6-16(7-5-12)18(23)19-17-10-8-15(9-11-17)13(2)20-21-14(3)22/h4-11H,1-3H3,(H,19,23)(H,21,22)/b20-13-. The normalized spacial score (nSPS) is 11.0. The number of carbonyl (C=O) groups excluding carboxylic acids is 2. The molecule has 5 heteroatoms. The van der Waals surface area contributed by atoms with Crippen LogP contribution in [-0.2, 0) is 4.79 Å². The van der Waals surface area contributed by atoms with Crippen molar-refractivity contribution < 1.29 is 9.59 Å². The maximum absolute atomic E-state index is 12.1. The maximum Gasteiger partial charge on any atom is 0.255 e. The van der Waals surface area contributed by atoms with Crippen LogP contribution in [0.25, 0.3) is 0 Å². The number of benzene rings is 2. The Labute approximate surface area is 135 Å². The molecule has 0 heterocycles. The van der Waals surface area contributed by atoms with Crippen molar-refractivity contribution in [3.63, 3.8) is 0 Å². The summed E-state index contributed by atoms with van der Waals surface area (Å²) in [6.45, 7) is 5.18. The van der Waals surface area contributed by atoms with Gasteiger partial charge in [-0.3, -0.25) is 9.59 Å². The van der Waals surface area contributed by atoms with E-state index in [0.717, 1.165) is 11.1 Å². The number of anilines is 1. The average Bonchev–Trinajstić information content (AvgIpc) is 2.54. The van der Waals surface area contributed by atoms with Crippen molar-refractivity contribution in [3.05, 3.63) is 65.2 Å². The van der Waals surface area contributed by atoms with Crippen LogP contribution in [0.2, 0.25) is 0 Å². The fraction of sp³-hybridized carbons (Fsp3) is 0.167. The number of hydrogen-bond donors (Lipinski definition) is 2. The summed E-state index contributed by atoms with van der Waals surface area (Å²) in [5, 5.41) is 6.82. The summed E-state index contributed by atoms with van der Waals surface area (Å²) in [4.78, 5) is 23.0. The molecule has 2 N–H and O–H groups in total. The second-order valence-electron chi connectivity index (χ2n) is 5.26. The Kier molecular flexibility index (Phi) is 5.25. The van der Waals surface area contributed by atoms with Crippen LogP contribution in [-0.4, -0.2) is 17.5 Å². The Morgan fingerprint density at radius 2 is 1.43 bits per heavy atom. The van der Waals surface area contributed by atoms with E-state index in [-0.39, 0.29) is 11.8 Å². The molecular formula is C18H19N3O2. The van der Waals surface area contributed by atoms with Gasteiger partial charge in [0.25, 0.3) is 5.91 Å². The number of hydrazone groups is 1. The highest BCUT2D eigenvalue weighted by atomic mass is 16.2. The molecular weight excluding hydrogens is 290 g/mol. The third kappa shape index (κ3) is 4.78. The summed E-state index contributed by atoms with van der Waals surface area (Å²) in [7, 11) is 0. The summed E-state index contributed by atoms with van der Waals surface area (Å²) < 4.78 is 0. The van der Waals surface area contributed by atoms with E-state index in [2.05, 4.69) is 15.8 Å². The molecule has 0 radical (unpaired) electrons. The van der Waals surface area contributed by atoms with Gasteiger partial charge >= 0.3 is 0 Å². The summed E-state index contributed by atoms with van der Waals surface area (Å²) in [5.74, 6) is -0.368. The SMILES string of the molecule is CC(=O)N/N=C(/C)c1ccc(NC(=O)c2ccc(C)cc2)cc1. The first kappa shape index (κ1) is 16.4. The number of hydrogen-bond acceptors (Lipinski definition) is 3. The van der Waals surface area contributed by atoms with Crippen molar-refractivity contribution in [3.8, 4) is 0 Å². The lowest BCUT2D eigenvalue weighted by atomic mass is 10.1. The minimum Gasteiger partial charge on any atom is -0.322 e. The van der Waals surface area contributed by atoms with E-state index in [0.29, 0.717) is 17.0 Å². The molecule has 0 saturated heterocycles. The van der Waals surface area contributed by atoms with Crippen molar-refractivity contribution in [1.82, 2.24) is 5.43 Å². The summed E-state index contributed by atoms with van der Waals surface area (Å²) >= 11 is 0. The Balaban J connectivity index is 2.05. The van der Waals surface area contributed by atoms with E-state index in [4.69, 9.17) is 0 Å². The highest BCUT2D eigenvalue weighted by Gasteiger charge is 2.06. The van der Waals surface area contributed by atoms with E-state index in [9.17, 15) is 9.59 Å². The molecule has 0 aliphatic heterocycles. The molecule has 0 fully saturated rings. The zero-order valence-corrected chi connectivity index (χ0v) is 13.4. The van der Waals surface area contributed by atoms with Crippen molar-refractivity contribution in [2.75, 3.05) is 5.32 Å². The first-order chi connectivity index (χ1) is 11.0. The second kappa shape index (κ2) is 7.35. The van der Waals surface area contributed by atoms with Gasteiger partial charge in [0.15, 0.2) is 0 Å². The fourth-order valence-electron chi connectivity index (χ4n) is 1.93. The third-order valence-electron chi connectivity index (χ3n) is 3.26. The van der Waals surface area contributed by atoms with Crippen molar-refractivity contribution in [2.24, 2.45) is 5.10 Å². The van der Waals surface area contributed by atoms with E-state index >= 15 is 0 Å². The van der Waals surface area contributed by atoms with Gasteiger partial charge in [0.1, 0.15) is 0 Å². The van der Waals surface area contributed by atoms with Crippen LogP contribution < -0.4 is 10.7 Å². The Bertz CT molecular complexity index is 732. The van der Waals surface area contributed by atoms with Gasteiger partial charge in [0.2, 0.25) is 5.91 Å². The number of nitrogens with one attached hydrogen (secondary N) is 2. The highest BCUT2D eigenvalue weighted by molar-refractivity contribution is 6.05. The van der Waals surface area contributed by atoms with Crippen LogP contribution in [0.1, 0.15) is 35.3 Å². The Morgan fingerprint density at radius 1 is 0.870 bits per heavy atom. The molecule has 0 aliphatic carbocycles. The molecule has 0 unspecified atom stereocenters. The van der Waals surface area contributed by atoms with Gasteiger partial charge in [-0.2, -0.15) is 5.10 Å². The predicted molar refractivity (Wildman–Crippen MR) is 91.6 cm³/mol. The van der Waals surface area contributed by atoms with Gasteiger partial charge in [0, 0.05) is 18.2 Å². The number of carbonyl (C=O) groups is 2. The van der Waals surface area contributed by atoms with Gasteiger partial charge in [0.05, 0.1) is 5.71 Å². The first-order valence-electron chi connectivity index (χ1n) is 7.25. The minimum atomic E-state index is -0.216. The number of amides is 2. The van der Waals surface area contributed by atoms with Crippen LogP contribution in [0.4, 0.5) is 5.69 Å². The molecule has 118 valence electrons. The number of rotatable bonds is 4. The molecule has 0 atom stereocenters. The van der Waals surface area contributed by atoms with E-state index in [1.807, 2.05) is 31.2 Å². The van der Waals surface area contributed by atoms with E-state index in [1.165, 1.54) is 6.92 Å². The molecule has 2 amide bonds. The molecule has 0 saturated carbocycles. The van der Waals surface area contributed by atoms with Gasteiger partial charge in [-0.25, -0.2) is 5.43 Å². The average molecular weight is 309 g/mol. The van der Waals surface area contributed by atoms with Crippen molar-refractivity contribution in [2.45, 2.75) is 20.8 Å². The molecule has 2 aromatic rings. The van der Waals surface area contributed by atoms with Crippen molar-refractivity contribution in [1.29, 1.82) is 0 Å². The summed E-state index contributed by atoms with van der Waals surface area (Å²) in [6.07, 6.45) is 0. The van der Waals surface area contributed by atoms with Gasteiger partial charge in [-0.15, -0.1) is 0 Å². The lowest BCUT2D eigenvalue weighted by Gasteiger charge is -2.07. The molecule has 23 heavy (non-hydrogen) atoms. The molecule has 5 nitrogen and oxygen atoms in total. The van der Waals surface area contributed by atoms with E-state index in [1.54, 1.807) is 31.2 Å². The molecule has 0 aromatic heterocycles. The van der Waals surface area contributed by atoms with Gasteiger partial charge in [-0.1, -0.05) is 29.8 Å². The highest BCUT2D eigenvalue weighted by Crippen LogP contribution is 2.12. The van der Waals surface area contributed by atoms with Crippen LogP contribution in [0.15, 0.2) is 53.6 Å². The molecule has 2 aromatic carbocycles. The largest absolute Gasteiger partial charge is 0.322 e. The van der Waals surface area contributed by atoms with Crippen LogP contribution >= 0.6 is 0 Å². The van der Waals surface area contributed by atoms with Crippen molar-refractivity contribution >= 4 is 23.2 Å². The molecule has 0 bridgehead atoms. The van der Waals surface area contributed by atoms with Crippen LogP contribution in [0.3, 0.4) is 0 Å². The van der Waals surface area contributed by atoms with Crippen LogP contribution in [0, 0.1) is 6.92 Å². The molecule has 0 aliphatic rings. The fourth-order valence-corrected chi connectivity index (χ4v) is 1.93. The first-order valence-corrected chi connectivity index (χ1v) is 7.25. The zero-order chi connectivity index (χ0) is 16.8. The predicted octanol–water partition coefficient (Wildman–Crippen LogP) is 3.11. The Morgan fingerprint density at radius 3 is 2.00 bits per heavy atom. The summed E-state index contributed by atoms with van der Waals surface area (Å²) in [5.41, 5.74) is 6.38. The Hall–Kier alpha value is -2.95. The van der Waals surface area contributed by atoms with E-state index < -0.39 is 0 Å². The molecule has 0 spiro atoms. The topological polar surface area (TPSA) is 70.6 Å². The maximum atomic E-state index is 12.1. The third-order valence-corrected chi connectivity index (χ3v) is 3.26. The minimum absolute atomic E-state index is 0.151. The number of nitrogens with zero attached hydrogens (tertiary/aromatic N) is 1. The number of aryl methyl sites for hydroxylation is 1. The summed E-state index contributed by atoms with van der Waals surface area (Å²) in [6, 6.07) is 14.7. The smallest absolute Gasteiger partial charge is 0.255 e. The lowest BCUT2D eigenvalue weighted by Crippen LogP contribution is -2.15. The van der Waals surface area contributed by atoms with Gasteiger partial charge in [-0.05, 0) is 43.7 Å². The molecule has 2 rings (SSSR count). The van der Waals surface area contributed by atoms with Crippen LogP contribution in [0.5, 0.6) is 0 Å². The zero-order valence-electron chi connectivity index (χ0n) is 13.4. The quantitative estimate of drug-likeness (QED) is 0.673. The second-order valence-corrected chi connectivity index (χ2v) is 5.26.